The molecular formula is C15H18N2O. The van der Waals surface area contributed by atoms with E-state index in [4.69, 9.17) is 5.73 Å². The lowest BCUT2D eigenvalue weighted by Gasteiger charge is -2.27. The highest BCUT2D eigenvalue weighted by Gasteiger charge is 2.29. The van der Waals surface area contributed by atoms with Crippen molar-refractivity contribution in [2.45, 2.75) is 26.4 Å². The maximum atomic E-state index is 10.8. The minimum Gasteiger partial charge on any atom is -0.398 e. The third-order valence-electron chi connectivity index (χ3n) is 3.30. The Balaban J connectivity index is 2.61. The van der Waals surface area contributed by atoms with Crippen LogP contribution in [0.2, 0.25) is 0 Å². The van der Waals surface area contributed by atoms with Gasteiger partial charge in [0.25, 0.3) is 0 Å². The van der Waals surface area contributed by atoms with Gasteiger partial charge in [0.15, 0.2) is 0 Å². The molecular weight excluding hydrogens is 224 g/mol. The Morgan fingerprint density at radius 2 is 1.89 bits per heavy atom. The van der Waals surface area contributed by atoms with E-state index in [9.17, 15) is 5.11 Å². The standard InChI is InChI=1S/C15H18N2O/c1-10-4-5-11(2)12(8-10)15(3,18)13-9-17-7-6-14(13)16/h4-9,18H,1-3H3,(H2,16,17). The number of aromatic nitrogens is 1. The van der Waals surface area contributed by atoms with E-state index in [1.807, 2.05) is 32.0 Å². The minimum absolute atomic E-state index is 0.552. The van der Waals surface area contributed by atoms with Crippen LogP contribution in [0.4, 0.5) is 5.69 Å². The zero-order valence-electron chi connectivity index (χ0n) is 10.9. The van der Waals surface area contributed by atoms with Crippen molar-refractivity contribution in [3.8, 4) is 0 Å². The van der Waals surface area contributed by atoms with Crippen molar-refractivity contribution in [1.29, 1.82) is 0 Å². The van der Waals surface area contributed by atoms with Gasteiger partial charge >= 0.3 is 0 Å². The molecule has 0 saturated heterocycles. The number of pyridine rings is 1. The maximum absolute atomic E-state index is 10.8. The number of nitrogen functional groups attached to an aromatic ring is 1. The van der Waals surface area contributed by atoms with Crippen molar-refractivity contribution in [3.05, 3.63) is 58.9 Å². The Bertz CT molecular complexity index is 576. The van der Waals surface area contributed by atoms with Crippen molar-refractivity contribution in [3.63, 3.8) is 0 Å². The first-order valence-electron chi connectivity index (χ1n) is 5.93. The topological polar surface area (TPSA) is 59.1 Å². The second kappa shape index (κ2) is 4.42. The summed E-state index contributed by atoms with van der Waals surface area (Å²) in [5.74, 6) is 0. The van der Waals surface area contributed by atoms with Crippen molar-refractivity contribution in [2.75, 3.05) is 5.73 Å². The number of benzene rings is 1. The lowest BCUT2D eigenvalue weighted by molar-refractivity contribution is 0.102. The average molecular weight is 242 g/mol. The van der Waals surface area contributed by atoms with Gasteiger partial charge in [-0.05, 0) is 38.0 Å². The molecule has 2 aromatic rings. The Labute approximate surface area is 107 Å². The van der Waals surface area contributed by atoms with E-state index in [0.29, 0.717) is 11.3 Å². The lowest BCUT2D eigenvalue weighted by atomic mass is 9.85. The summed E-state index contributed by atoms with van der Waals surface area (Å²) < 4.78 is 0. The average Bonchev–Trinajstić information content (AvgIpc) is 2.32. The zero-order valence-corrected chi connectivity index (χ0v) is 10.9. The number of anilines is 1. The molecule has 1 unspecified atom stereocenters. The van der Waals surface area contributed by atoms with Crippen molar-refractivity contribution in [2.24, 2.45) is 0 Å². The van der Waals surface area contributed by atoms with E-state index >= 15 is 0 Å². The Kier molecular flexibility index (Phi) is 3.09. The first kappa shape index (κ1) is 12.6. The summed E-state index contributed by atoms with van der Waals surface area (Å²) in [7, 11) is 0. The highest BCUT2D eigenvalue weighted by Crippen LogP contribution is 2.34. The number of hydrogen-bond donors (Lipinski definition) is 2. The molecule has 1 atom stereocenters. The molecule has 1 heterocycles. The van der Waals surface area contributed by atoms with Crippen LogP contribution in [-0.4, -0.2) is 10.1 Å². The Hall–Kier alpha value is -1.87. The van der Waals surface area contributed by atoms with Gasteiger partial charge < -0.3 is 10.8 Å². The second-order valence-electron chi connectivity index (χ2n) is 4.85. The number of rotatable bonds is 2. The van der Waals surface area contributed by atoms with Crippen LogP contribution in [0.3, 0.4) is 0 Å². The van der Waals surface area contributed by atoms with E-state index in [-0.39, 0.29) is 0 Å². The fourth-order valence-electron chi connectivity index (χ4n) is 2.22. The monoisotopic (exact) mass is 242 g/mol. The molecule has 0 amide bonds. The van der Waals surface area contributed by atoms with E-state index in [1.165, 1.54) is 0 Å². The first-order valence-corrected chi connectivity index (χ1v) is 5.93. The van der Waals surface area contributed by atoms with Crippen LogP contribution in [0, 0.1) is 13.8 Å². The molecule has 0 aliphatic rings. The zero-order chi connectivity index (χ0) is 13.3. The third kappa shape index (κ3) is 2.09. The van der Waals surface area contributed by atoms with Crippen molar-refractivity contribution in [1.82, 2.24) is 4.98 Å². The molecule has 2 rings (SSSR count). The number of aliphatic hydroxyl groups is 1. The first-order chi connectivity index (χ1) is 8.43. The predicted octanol–water partition coefficient (Wildman–Crippen LogP) is 2.54. The van der Waals surface area contributed by atoms with E-state index in [1.54, 1.807) is 25.4 Å². The van der Waals surface area contributed by atoms with Gasteiger partial charge in [-0.1, -0.05) is 23.8 Å². The molecule has 3 heteroatoms. The van der Waals surface area contributed by atoms with Gasteiger partial charge in [0, 0.05) is 23.6 Å². The summed E-state index contributed by atoms with van der Waals surface area (Å²) in [6.07, 6.45) is 3.25. The summed E-state index contributed by atoms with van der Waals surface area (Å²) >= 11 is 0. The van der Waals surface area contributed by atoms with Gasteiger partial charge in [0.1, 0.15) is 5.60 Å². The fourth-order valence-corrected chi connectivity index (χ4v) is 2.22. The van der Waals surface area contributed by atoms with Crippen LogP contribution in [0.1, 0.15) is 29.2 Å². The Morgan fingerprint density at radius 1 is 1.17 bits per heavy atom. The lowest BCUT2D eigenvalue weighted by Crippen LogP contribution is -2.25. The molecule has 0 spiro atoms. The van der Waals surface area contributed by atoms with Crippen molar-refractivity contribution >= 4 is 5.69 Å². The molecule has 0 fully saturated rings. The molecule has 18 heavy (non-hydrogen) atoms. The summed E-state index contributed by atoms with van der Waals surface area (Å²) in [6, 6.07) is 7.73. The van der Waals surface area contributed by atoms with Gasteiger partial charge in [0.2, 0.25) is 0 Å². The number of hydrogen-bond acceptors (Lipinski definition) is 3. The highest BCUT2D eigenvalue weighted by atomic mass is 16.3. The molecule has 0 aliphatic heterocycles. The largest absolute Gasteiger partial charge is 0.398 e. The molecule has 94 valence electrons. The third-order valence-corrected chi connectivity index (χ3v) is 3.30. The quantitative estimate of drug-likeness (QED) is 0.850. The molecule has 0 saturated carbocycles. The second-order valence-corrected chi connectivity index (χ2v) is 4.85. The number of nitrogens with zero attached hydrogens (tertiary/aromatic N) is 1. The molecule has 0 bridgehead atoms. The van der Waals surface area contributed by atoms with E-state index in [2.05, 4.69) is 4.98 Å². The molecule has 3 nitrogen and oxygen atoms in total. The van der Waals surface area contributed by atoms with Gasteiger partial charge in [0.05, 0.1) is 0 Å². The number of nitrogens with two attached hydrogens (primary N) is 1. The summed E-state index contributed by atoms with van der Waals surface area (Å²) in [5.41, 5.74) is 9.00. The summed E-state index contributed by atoms with van der Waals surface area (Å²) in [6.45, 7) is 5.74. The SMILES string of the molecule is Cc1ccc(C)c(C(C)(O)c2cnccc2N)c1. The van der Waals surface area contributed by atoms with Crippen LogP contribution in [0.25, 0.3) is 0 Å². The minimum atomic E-state index is -1.13. The van der Waals surface area contributed by atoms with Crippen LogP contribution in [-0.2, 0) is 5.60 Å². The van der Waals surface area contributed by atoms with Gasteiger partial charge in [-0.25, -0.2) is 0 Å². The molecule has 0 radical (unpaired) electrons. The van der Waals surface area contributed by atoms with Crippen LogP contribution in [0.5, 0.6) is 0 Å². The fraction of sp³-hybridized carbons (Fsp3) is 0.267. The summed E-state index contributed by atoms with van der Waals surface area (Å²) in [4.78, 5) is 4.05. The summed E-state index contributed by atoms with van der Waals surface area (Å²) in [5, 5.41) is 10.8. The van der Waals surface area contributed by atoms with Crippen LogP contribution < -0.4 is 5.73 Å². The van der Waals surface area contributed by atoms with Crippen molar-refractivity contribution < 1.29 is 5.11 Å². The van der Waals surface area contributed by atoms with Crippen LogP contribution >= 0.6 is 0 Å². The van der Waals surface area contributed by atoms with E-state index in [0.717, 1.165) is 16.7 Å². The molecule has 0 aliphatic carbocycles. The van der Waals surface area contributed by atoms with Crippen LogP contribution in [0.15, 0.2) is 36.7 Å². The molecule has 1 aromatic carbocycles. The molecule has 3 N–H and O–H groups in total. The maximum Gasteiger partial charge on any atom is 0.116 e. The van der Waals surface area contributed by atoms with Gasteiger partial charge in [-0.2, -0.15) is 0 Å². The smallest absolute Gasteiger partial charge is 0.116 e. The number of aryl methyl sites for hydroxylation is 2. The van der Waals surface area contributed by atoms with Gasteiger partial charge in [-0.3, -0.25) is 4.98 Å². The van der Waals surface area contributed by atoms with Gasteiger partial charge in [-0.15, -0.1) is 0 Å². The Morgan fingerprint density at radius 3 is 2.56 bits per heavy atom. The predicted molar refractivity (Wildman–Crippen MR) is 73.2 cm³/mol. The molecule has 1 aromatic heterocycles. The normalized spacial score (nSPS) is 14.2. The van der Waals surface area contributed by atoms with E-state index < -0.39 is 5.60 Å². The highest BCUT2D eigenvalue weighted by molar-refractivity contribution is 5.53.